The van der Waals surface area contributed by atoms with Crippen LogP contribution in [0.1, 0.15) is 25.0 Å². The second-order valence-electron chi connectivity index (χ2n) is 3.90. The second-order valence-corrected chi connectivity index (χ2v) is 3.90. The molecule has 0 unspecified atom stereocenters. The molecule has 0 aromatic heterocycles. The Balaban J connectivity index is 2.76. The molecule has 0 bridgehead atoms. The Hall–Kier alpha value is -1.31. The Morgan fingerprint density at radius 2 is 2.14 bits per heavy atom. The monoisotopic (exact) mass is 191 g/mol. The topological polar surface area (TPSA) is 32.6 Å². The maximum atomic E-state index is 9.67. The van der Waals surface area contributed by atoms with Crippen molar-refractivity contribution in [3.63, 3.8) is 0 Å². The van der Waals surface area contributed by atoms with E-state index in [1.165, 1.54) is 0 Å². The molecule has 1 aromatic rings. The Morgan fingerprint density at radius 3 is 2.79 bits per heavy atom. The fraction of sp³-hybridized carbons (Fsp3) is 0.417. The first-order valence-electron chi connectivity index (χ1n) is 4.89. The molecule has 0 fully saturated rings. The highest BCUT2D eigenvalue weighted by Gasteiger charge is 1.99. The van der Waals surface area contributed by atoms with Crippen LogP contribution in [0.4, 0.5) is 0 Å². The highest BCUT2D eigenvalue weighted by molar-refractivity contribution is 5.83. The molecule has 0 saturated heterocycles. The van der Waals surface area contributed by atoms with Crippen molar-refractivity contribution in [2.45, 2.75) is 20.8 Å². The number of benzene rings is 1. The number of hydrogen-bond donors (Lipinski definition) is 1. The molecule has 1 aromatic carbocycles. The van der Waals surface area contributed by atoms with E-state index < -0.39 is 0 Å². The van der Waals surface area contributed by atoms with Crippen molar-refractivity contribution in [3.05, 3.63) is 29.3 Å². The summed E-state index contributed by atoms with van der Waals surface area (Å²) in [5, 5.41) is 9.67. The average molecular weight is 191 g/mol. The van der Waals surface area contributed by atoms with Gasteiger partial charge in [-0.25, -0.2) is 0 Å². The molecule has 2 heteroatoms. The maximum absolute atomic E-state index is 9.67. The van der Waals surface area contributed by atoms with Crippen LogP contribution in [-0.4, -0.2) is 17.9 Å². The minimum absolute atomic E-state index is 0.333. The zero-order valence-corrected chi connectivity index (χ0v) is 8.99. The summed E-state index contributed by atoms with van der Waals surface area (Å²) in [5.41, 5.74) is 1.68. The first-order valence-corrected chi connectivity index (χ1v) is 4.89. The molecule has 76 valence electrons. The van der Waals surface area contributed by atoms with Gasteiger partial charge < -0.3 is 5.11 Å². The molecule has 0 atom stereocenters. The van der Waals surface area contributed by atoms with Crippen LogP contribution in [0.5, 0.6) is 5.75 Å². The summed E-state index contributed by atoms with van der Waals surface area (Å²) in [6.45, 7) is 6.92. The van der Waals surface area contributed by atoms with Gasteiger partial charge in [0.1, 0.15) is 5.75 Å². The number of aliphatic imine (C=N–C) groups is 1. The molecule has 0 heterocycles. The van der Waals surface area contributed by atoms with Gasteiger partial charge in [0.05, 0.1) is 0 Å². The summed E-state index contributed by atoms with van der Waals surface area (Å²) in [6.07, 6.45) is 1.74. The average Bonchev–Trinajstić information content (AvgIpc) is 2.12. The lowest BCUT2D eigenvalue weighted by molar-refractivity contribution is 0.470. The normalized spacial score (nSPS) is 11.4. The third kappa shape index (κ3) is 2.87. The van der Waals surface area contributed by atoms with E-state index in [1.807, 2.05) is 25.1 Å². The van der Waals surface area contributed by atoms with Gasteiger partial charge in [0.2, 0.25) is 0 Å². The number of para-hydroxylation sites is 1. The SMILES string of the molecule is Cc1cccc(C=NCC(C)C)c1O. The lowest BCUT2D eigenvalue weighted by Gasteiger charge is -2.02. The van der Waals surface area contributed by atoms with Crippen LogP contribution in [0.15, 0.2) is 23.2 Å². The molecular formula is C12H17NO. The van der Waals surface area contributed by atoms with Crippen molar-refractivity contribution in [3.8, 4) is 5.75 Å². The van der Waals surface area contributed by atoms with Gasteiger partial charge in [-0.2, -0.15) is 0 Å². The summed E-state index contributed by atoms with van der Waals surface area (Å²) in [5.74, 6) is 0.887. The van der Waals surface area contributed by atoms with E-state index in [1.54, 1.807) is 6.21 Å². The number of hydrogen-bond acceptors (Lipinski definition) is 2. The third-order valence-electron chi connectivity index (χ3n) is 1.97. The van der Waals surface area contributed by atoms with E-state index in [-0.39, 0.29) is 0 Å². The predicted molar refractivity (Wildman–Crippen MR) is 60.1 cm³/mol. The third-order valence-corrected chi connectivity index (χ3v) is 1.97. The van der Waals surface area contributed by atoms with Gasteiger partial charge in [0.15, 0.2) is 0 Å². The number of phenolic OH excluding ortho intramolecular Hbond substituents is 1. The van der Waals surface area contributed by atoms with Crippen molar-refractivity contribution in [2.24, 2.45) is 10.9 Å². The number of nitrogens with zero attached hydrogens (tertiary/aromatic N) is 1. The summed E-state index contributed by atoms with van der Waals surface area (Å²) in [7, 11) is 0. The molecule has 1 N–H and O–H groups in total. The van der Waals surface area contributed by atoms with Crippen LogP contribution in [0, 0.1) is 12.8 Å². The van der Waals surface area contributed by atoms with Gasteiger partial charge in [0, 0.05) is 18.3 Å². The fourth-order valence-corrected chi connectivity index (χ4v) is 1.15. The van der Waals surface area contributed by atoms with Crippen LogP contribution in [0.25, 0.3) is 0 Å². The maximum Gasteiger partial charge on any atom is 0.127 e. The van der Waals surface area contributed by atoms with Crippen LogP contribution < -0.4 is 0 Å². The molecule has 0 spiro atoms. The second kappa shape index (κ2) is 4.80. The molecule has 0 aliphatic rings. The molecule has 0 aliphatic heterocycles. The lowest BCUT2D eigenvalue weighted by atomic mass is 10.1. The fourth-order valence-electron chi connectivity index (χ4n) is 1.15. The highest BCUT2D eigenvalue weighted by atomic mass is 16.3. The molecular weight excluding hydrogens is 174 g/mol. The minimum atomic E-state index is 0.333. The number of phenols is 1. The van der Waals surface area contributed by atoms with Crippen LogP contribution in [0.2, 0.25) is 0 Å². The van der Waals surface area contributed by atoms with Gasteiger partial charge >= 0.3 is 0 Å². The summed E-state index contributed by atoms with van der Waals surface area (Å²) in [4.78, 5) is 4.26. The van der Waals surface area contributed by atoms with E-state index in [4.69, 9.17) is 0 Å². The molecule has 2 nitrogen and oxygen atoms in total. The van der Waals surface area contributed by atoms with Gasteiger partial charge in [0.25, 0.3) is 0 Å². The van der Waals surface area contributed by atoms with Crippen molar-refractivity contribution in [2.75, 3.05) is 6.54 Å². The summed E-state index contributed by atoms with van der Waals surface area (Å²) >= 11 is 0. The molecule has 14 heavy (non-hydrogen) atoms. The highest BCUT2D eigenvalue weighted by Crippen LogP contribution is 2.19. The first-order chi connectivity index (χ1) is 6.61. The molecule has 1 rings (SSSR count). The Bertz CT molecular complexity index is 329. The van der Waals surface area contributed by atoms with Gasteiger partial charge in [-0.1, -0.05) is 26.0 Å². The number of aryl methyl sites for hydroxylation is 1. The van der Waals surface area contributed by atoms with Gasteiger partial charge in [-0.15, -0.1) is 0 Å². The van der Waals surface area contributed by atoms with Crippen molar-refractivity contribution < 1.29 is 5.11 Å². The van der Waals surface area contributed by atoms with Crippen molar-refractivity contribution in [1.29, 1.82) is 0 Å². The van der Waals surface area contributed by atoms with Crippen LogP contribution >= 0.6 is 0 Å². The van der Waals surface area contributed by atoms with E-state index in [9.17, 15) is 5.11 Å². The van der Waals surface area contributed by atoms with E-state index in [0.29, 0.717) is 11.7 Å². The molecule has 0 saturated carbocycles. The molecule has 0 amide bonds. The van der Waals surface area contributed by atoms with E-state index in [2.05, 4.69) is 18.8 Å². The Morgan fingerprint density at radius 1 is 1.43 bits per heavy atom. The largest absolute Gasteiger partial charge is 0.507 e. The zero-order valence-electron chi connectivity index (χ0n) is 8.99. The van der Waals surface area contributed by atoms with E-state index >= 15 is 0 Å². The van der Waals surface area contributed by atoms with Gasteiger partial charge in [-0.3, -0.25) is 4.99 Å². The Labute approximate surface area is 85.3 Å². The summed E-state index contributed by atoms with van der Waals surface area (Å²) < 4.78 is 0. The number of rotatable bonds is 3. The zero-order chi connectivity index (χ0) is 10.6. The standard InChI is InChI=1S/C12H17NO/c1-9(2)7-13-8-11-6-4-5-10(3)12(11)14/h4-6,8-9,14H,7H2,1-3H3. The smallest absolute Gasteiger partial charge is 0.127 e. The quantitative estimate of drug-likeness (QED) is 0.732. The van der Waals surface area contributed by atoms with Crippen LogP contribution in [-0.2, 0) is 0 Å². The molecule has 0 radical (unpaired) electrons. The Kier molecular flexibility index (Phi) is 3.69. The minimum Gasteiger partial charge on any atom is -0.507 e. The van der Waals surface area contributed by atoms with Gasteiger partial charge in [-0.05, 0) is 24.5 Å². The van der Waals surface area contributed by atoms with E-state index in [0.717, 1.165) is 17.7 Å². The van der Waals surface area contributed by atoms with Crippen molar-refractivity contribution >= 4 is 6.21 Å². The van der Waals surface area contributed by atoms with Crippen LogP contribution in [0.3, 0.4) is 0 Å². The molecule has 0 aliphatic carbocycles. The lowest BCUT2D eigenvalue weighted by Crippen LogP contribution is -1.93. The predicted octanol–water partition coefficient (Wildman–Crippen LogP) is 2.78. The van der Waals surface area contributed by atoms with Crippen molar-refractivity contribution in [1.82, 2.24) is 0 Å². The first kappa shape index (κ1) is 10.8. The summed E-state index contributed by atoms with van der Waals surface area (Å²) in [6, 6.07) is 5.67. The number of aromatic hydroxyl groups is 1.